The van der Waals surface area contributed by atoms with Gasteiger partial charge in [-0.2, -0.15) is 0 Å². The second-order valence-electron chi connectivity index (χ2n) is 2.95. The molecule has 0 saturated heterocycles. The maximum atomic E-state index is 11.0. The molecular weight excluding hydrogens is 208 g/mol. The van der Waals surface area contributed by atoms with Gasteiger partial charge in [-0.1, -0.05) is 18.2 Å². The Balaban J connectivity index is 2.29. The number of hydrogen-bond donors (Lipinski definition) is 2. The van der Waals surface area contributed by atoms with Crippen molar-refractivity contribution >= 4 is 6.09 Å². The Bertz CT molecular complexity index is 481. The Morgan fingerprint density at radius 2 is 2.12 bits per heavy atom. The van der Waals surface area contributed by atoms with E-state index in [1.165, 1.54) is 6.20 Å². The number of carbonyl (C=O) groups excluding carboxylic acids is 1. The number of imidazole rings is 1. The fourth-order valence-electron chi connectivity index (χ4n) is 1.26. The molecule has 1 aromatic heterocycles. The van der Waals surface area contributed by atoms with Crippen LogP contribution in [0, 0.1) is 0 Å². The first kappa shape index (κ1) is 10.2. The predicted molar refractivity (Wildman–Crippen MR) is 56.9 cm³/mol. The lowest BCUT2D eigenvalue weighted by atomic mass is 10.3. The second-order valence-corrected chi connectivity index (χ2v) is 2.95. The normalized spacial score (nSPS) is 9.81. The molecular formula is C10H10N4O2. The Hall–Kier alpha value is -2.34. The SMILES string of the molecule is NNC(=O)Oc1nccn1-c1ccccc1. The topological polar surface area (TPSA) is 82.2 Å². The lowest BCUT2D eigenvalue weighted by Crippen LogP contribution is -2.33. The van der Waals surface area contributed by atoms with Gasteiger partial charge >= 0.3 is 12.1 Å². The van der Waals surface area contributed by atoms with Gasteiger partial charge in [0.05, 0.1) is 5.69 Å². The summed E-state index contributed by atoms with van der Waals surface area (Å²) in [6.45, 7) is 0. The maximum absolute atomic E-state index is 11.0. The molecule has 82 valence electrons. The van der Waals surface area contributed by atoms with Gasteiger partial charge < -0.3 is 4.74 Å². The number of benzene rings is 1. The van der Waals surface area contributed by atoms with Crippen LogP contribution in [0.25, 0.3) is 5.69 Å². The molecule has 0 aliphatic rings. The lowest BCUT2D eigenvalue weighted by molar-refractivity contribution is 0.196. The molecule has 1 heterocycles. The number of nitrogens with two attached hydrogens (primary N) is 1. The van der Waals surface area contributed by atoms with Gasteiger partial charge in [-0.05, 0) is 12.1 Å². The van der Waals surface area contributed by atoms with Gasteiger partial charge in [-0.25, -0.2) is 15.6 Å². The van der Waals surface area contributed by atoms with Crippen molar-refractivity contribution in [1.29, 1.82) is 0 Å². The van der Waals surface area contributed by atoms with E-state index in [1.54, 1.807) is 10.8 Å². The van der Waals surface area contributed by atoms with Gasteiger partial charge in [0.25, 0.3) is 0 Å². The molecule has 0 aliphatic heterocycles. The minimum atomic E-state index is -0.761. The molecule has 6 nitrogen and oxygen atoms in total. The van der Waals surface area contributed by atoms with Crippen LogP contribution in [0.15, 0.2) is 42.7 Å². The van der Waals surface area contributed by atoms with Crippen LogP contribution in [0.3, 0.4) is 0 Å². The zero-order valence-corrected chi connectivity index (χ0v) is 8.33. The molecule has 0 fully saturated rings. The summed E-state index contributed by atoms with van der Waals surface area (Å²) >= 11 is 0. The fraction of sp³-hybridized carbons (Fsp3) is 0. The molecule has 2 aromatic rings. The predicted octanol–water partition coefficient (Wildman–Crippen LogP) is 0.834. The number of nitrogens with one attached hydrogen (secondary N) is 1. The summed E-state index contributed by atoms with van der Waals surface area (Å²) in [5.41, 5.74) is 2.71. The minimum absolute atomic E-state index is 0.161. The summed E-state index contributed by atoms with van der Waals surface area (Å²) in [6.07, 6.45) is 2.46. The third kappa shape index (κ3) is 2.01. The summed E-state index contributed by atoms with van der Waals surface area (Å²) in [7, 11) is 0. The summed E-state index contributed by atoms with van der Waals surface area (Å²) < 4.78 is 6.50. The molecule has 0 atom stereocenters. The number of carbonyl (C=O) groups is 1. The first-order valence-electron chi connectivity index (χ1n) is 4.58. The number of amides is 1. The lowest BCUT2D eigenvalue weighted by Gasteiger charge is -2.06. The molecule has 0 aliphatic carbocycles. The molecule has 0 saturated carbocycles. The smallest absolute Gasteiger partial charge is 0.374 e. The fourth-order valence-corrected chi connectivity index (χ4v) is 1.26. The molecule has 0 radical (unpaired) electrons. The first-order chi connectivity index (χ1) is 7.81. The third-order valence-corrected chi connectivity index (χ3v) is 1.94. The van der Waals surface area contributed by atoms with E-state index in [0.717, 1.165) is 5.69 Å². The molecule has 1 amide bonds. The van der Waals surface area contributed by atoms with Crippen LogP contribution in [0.1, 0.15) is 0 Å². The summed E-state index contributed by atoms with van der Waals surface area (Å²) in [6, 6.07) is 9.55. The van der Waals surface area contributed by atoms with E-state index in [4.69, 9.17) is 10.6 Å². The highest BCUT2D eigenvalue weighted by Crippen LogP contribution is 2.15. The quantitative estimate of drug-likeness (QED) is 0.444. The van der Waals surface area contributed by atoms with E-state index in [2.05, 4.69) is 4.98 Å². The van der Waals surface area contributed by atoms with E-state index in [0.29, 0.717) is 0 Å². The van der Waals surface area contributed by atoms with Crippen molar-refractivity contribution in [2.75, 3.05) is 0 Å². The standard InChI is InChI=1S/C10H10N4O2/c11-13-10(15)16-9-12-6-7-14(9)8-4-2-1-3-5-8/h1-7H,11H2,(H,13,15). The highest BCUT2D eigenvalue weighted by Gasteiger charge is 2.09. The van der Waals surface area contributed by atoms with Crippen molar-refractivity contribution in [3.63, 3.8) is 0 Å². The van der Waals surface area contributed by atoms with Crippen molar-refractivity contribution in [3.05, 3.63) is 42.7 Å². The number of para-hydroxylation sites is 1. The zero-order chi connectivity index (χ0) is 11.4. The van der Waals surface area contributed by atoms with E-state index in [-0.39, 0.29) is 6.01 Å². The van der Waals surface area contributed by atoms with E-state index >= 15 is 0 Å². The highest BCUT2D eigenvalue weighted by atomic mass is 16.6. The van der Waals surface area contributed by atoms with E-state index in [9.17, 15) is 4.79 Å². The molecule has 0 bridgehead atoms. The van der Waals surface area contributed by atoms with Crippen molar-refractivity contribution in [3.8, 4) is 11.7 Å². The monoisotopic (exact) mass is 218 g/mol. The van der Waals surface area contributed by atoms with Crippen LogP contribution in [0.2, 0.25) is 0 Å². The van der Waals surface area contributed by atoms with Crippen LogP contribution < -0.4 is 16.0 Å². The molecule has 16 heavy (non-hydrogen) atoms. The molecule has 1 aromatic carbocycles. The average Bonchev–Trinajstić information content (AvgIpc) is 2.78. The third-order valence-electron chi connectivity index (χ3n) is 1.94. The number of hydrazine groups is 1. The molecule has 6 heteroatoms. The van der Waals surface area contributed by atoms with Crippen molar-refractivity contribution in [2.24, 2.45) is 5.84 Å². The van der Waals surface area contributed by atoms with Gasteiger partial charge in [0.15, 0.2) is 0 Å². The Kier molecular flexibility index (Phi) is 2.84. The van der Waals surface area contributed by atoms with Gasteiger partial charge in [0, 0.05) is 12.4 Å². The number of aromatic nitrogens is 2. The van der Waals surface area contributed by atoms with Crippen molar-refractivity contribution < 1.29 is 9.53 Å². The molecule has 2 rings (SSSR count). The van der Waals surface area contributed by atoms with Gasteiger partial charge in [0.1, 0.15) is 0 Å². The van der Waals surface area contributed by atoms with Gasteiger partial charge in [-0.15, -0.1) is 0 Å². The van der Waals surface area contributed by atoms with Crippen LogP contribution in [0.4, 0.5) is 4.79 Å². The number of rotatable bonds is 2. The first-order valence-corrected chi connectivity index (χ1v) is 4.58. The van der Waals surface area contributed by atoms with Crippen LogP contribution in [-0.4, -0.2) is 15.6 Å². The van der Waals surface area contributed by atoms with Gasteiger partial charge in [0.2, 0.25) is 0 Å². The summed E-state index contributed by atoms with van der Waals surface area (Å²) in [5, 5.41) is 0. The number of ether oxygens (including phenoxy) is 1. The Morgan fingerprint density at radius 1 is 1.38 bits per heavy atom. The average molecular weight is 218 g/mol. The molecule has 3 N–H and O–H groups in total. The largest absolute Gasteiger partial charge is 0.429 e. The highest BCUT2D eigenvalue weighted by molar-refractivity contribution is 5.68. The van der Waals surface area contributed by atoms with Crippen LogP contribution >= 0.6 is 0 Å². The zero-order valence-electron chi connectivity index (χ0n) is 8.33. The van der Waals surface area contributed by atoms with Gasteiger partial charge in [-0.3, -0.25) is 9.99 Å². The Labute approximate surface area is 91.6 Å². The van der Waals surface area contributed by atoms with E-state index in [1.807, 2.05) is 35.8 Å². The maximum Gasteiger partial charge on any atom is 0.429 e. The van der Waals surface area contributed by atoms with Crippen molar-refractivity contribution in [1.82, 2.24) is 15.0 Å². The number of nitrogens with zero attached hydrogens (tertiary/aromatic N) is 2. The van der Waals surface area contributed by atoms with Crippen molar-refractivity contribution in [2.45, 2.75) is 0 Å². The van der Waals surface area contributed by atoms with Crippen LogP contribution in [0.5, 0.6) is 6.01 Å². The molecule has 0 spiro atoms. The Morgan fingerprint density at radius 3 is 2.81 bits per heavy atom. The van der Waals surface area contributed by atoms with E-state index < -0.39 is 6.09 Å². The molecule has 0 unspecified atom stereocenters. The summed E-state index contributed by atoms with van der Waals surface area (Å²) in [5.74, 6) is 4.92. The number of hydrogen-bond acceptors (Lipinski definition) is 4. The van der Waals surface area contributed by atoms with Crippen LogP contribution in [-0.2, 0) is 0 Å². The minimum Gasteiger partial charge on any atom is -0.374 e. The summed E-state index contributed by atoms with van der Waals surface area (Å²) in [4.78, 5) is 14.9. The second kappa shape index (κ2) is 4.45.